The van der Waals surface area contributed by atoms with E-state index in [1.54, 1.807) is 0 Å². The third kappa shape index (κ3) is 4.64. The molecule has 2 aromatic carbocycles. The summed E-state index contributed by atoms with van der Waals surface area (Å²) < 4.78 is 40.0. The van der Waals surface area contributed by atoms with Crippen molar-refractivity contribution in [2.45, 2.75) is 32.1 Å². The van der Waals surface area contributed by atoms with Crippen LogP contribution in [0.15, 0.2) is 41.3 Å². The topological polar surface area (TPSA) is 75.3 Å². The molecule has 0 aromatic heterocycles. The van der Waals surface area contributed by atoms with Gasteiger partial charge in [0.15, 0.2) is 0 Å². The summed E-state index contributed by atoms with van der Waals surface area (Å²) in [6.45, 7) is 4.94. The van der Waals surface area contributed by atoms with E-state index in [1.807, 2.05) is 32.0 Å². The summed E-state index contributed by atoms with van der Waals surface area (Å²) in [7, 11) is -3.90. The largest absolute Gasteiger partial charge is 0.324 e. The monoisotopic (exact) mass is 364 g/mol. The fourth-order valence-electron chi connectivity index (χ4n) is 2.54. The van der Waals surface area contributed by atoms with Crippen LogP contribution in [0, 0.1) is 19.7 Å². The molecule has 0 atom stereocenters. The number of hydrogen-bond acceptors (Lipinski definition) is 3. The van der Waals surface area contributed by atoms with Gasteiger partial charge in [0, 0.05) is 5.69 Å². The van der Waals surface area contributed by atoms with Crippen LogP contribution in [0.1, 0.15) is 23.6 Å². The molecule has 0 spiro atoms. The number of sulfonamides is 1. The second-order valence-corrected chi connectivity index (χ2v) is 7.48. The summed E-state index contributed by atoms with van der Waals surface area (Å²) in [6, 6.07) is 9.08. The summed E-state index contributed by atoms with van der Waals surface area (Å²) in [5.74, 6) is -0.979. The standard InChI is InChI=1S/C18H21FN2O3S/c1-4-14-7-5-6-12(2)18(14)21-17(22)11-20-25(23,24)16-9-8-15(19)10-13(16)3/h5-10,20H,4,11H2,1-3H3,(H,21,22). The normalized spacial score (nSPS) is 11.4. The molecule has 0 heterocycles. The first-order chi connectivity index (χ1) is 11.7. The smallest absolute Gasteiger partial charge is 0.241 e. The molecular formula is C18H21FN2O3S. The summed E-state index contributed by atoms with van der Waals surface area (Å²) in [5.41, 5.74) is 2.86. The summed E-state index contributed by atoms with van der Waals surface area (Å²) in [5, 5.41) is 2.75. The minimum Gasteiger partial charge on any atom is -0.324 e. The zero-order valence-corrected chi connectivity index (χ0v) is 15.2. The van der Waals surface area contributed by atoms with Crippen LogP contribution in [0.2, 0.25) is 0 Å². The highest BCUT2D eigenvalue weighted by Crippen LogP contribution is 2.21. The number of halogens is 1. The molecule has 2 aromatic rings. The van der Waals surface area contributed by atoms with Gasteiger partial charge in [0.25, 0.3) is 0 Å². The van der Waals surface area contributed by atoms with E-state index in [9.17, 15) is 17.6 Å². The van der Waals surface area contributed by atoms with Crippen molar-refractivity contribution < 1.29 is 17.6 Å². The van der Waals surface area contributed by atoms with Crippen molar-refractivity contribution in [3.8, 4) is 0 Å². The van der Waals surface area contributed by atoms with Gasteiger partial charge in [-0.1, -0.05) is 25.1 Å². The molecule has 2 N–H and O–H groups in total. The average molecular weight is 364 g/mol. The predicted molar refractivity (Wildman–Crippen MR) is 95.5 cm³/mol. The molecule has 0 bridgehead atoms. The van der Waals surface area contributed by atoms with Gasteiger partial charge in [-0.25, -0.2) is 17.5 Å². The van der Waals surface area contributed by atoms with Gasteiger partial charge in [-0.15, -0.1) is 0 Å². The van der Waals surface area contributed by atoms with E-state index in [1.165, 1.54) is 13.0 Å². The van der Waals surface area contributed by atoms with Crippen LogP contribution in [0.4, 0.5) is 10.1 Å². The lowest BCUT2D eigenvalue weighted by Crippen LogP contribution is -2.33. The molecule has 0 saturated heterocycles. The van der Waals surface area contributed by atoms with Crippen molar-refractivity contribution in [1.82, 2.24) is 4.72 Å². The number of hydrogen-bond donors (Lipinski definition) is 2. The van der Waals surface area contributed by atoms with Crippen LogP contribution in [-0.4, -0.2) is 20.9 Å². The molecule has 0 aliphatic rings. The van der Waals surface area contributed by atoms with Crippen molar-refractivity contribution in [2.24, 2.45) is 0 Å². The van der Waals surface area contributed by atoms with Crippen LogP contribution in [-0.2, 0) is 21.2 Å². The van der Waals surface area contributed by atoms with Crippen LogP contribution < -0.4 is 10.0 Å². The molecule has 1 amide bonds. The van der Waals surface area contributed by atoms with Crippen LogP contribution in [0.5, 0.6) is 0 Å². The maximum atomic E-state index is 13.1. The first kappa shape index (κ1) is 19.1. The third-order valence-electron chi connectivity index (χ3n) is 3.85. The SMILES string of the molecule is CCc1cccc(C)c1NC(=O)CNS(=O)(=O)c1ccc(F)cc1C. The Morgan fingerprint density at radius 3 is 2.48 bits per heavy atom. The minimum absolute atomic E-state index is 0.0492. The number of rotatable bonds is 6. The number of carbonyl (C=O) groups is 1. The maximum absolute atomic E-state index is 13.1. The molecular weight excluding hydrogens is 343 g/mol. The zero-order valence-electron chi connectivity index (χ0n) is 14.4. The van der Waals surface area contributed by atoms with E-state index < -0.39 is 28.3 Å². The Hall–Kier alpha value is -2.25. The van der Waals surface area contributed by atoms with Crippen molar-refractivity contribution in [3.63, 3.8) is 0 Å². The Balaban J connectivity index is 2.09. The zero-order chi connectivity index (χ0) is 18.6. The summed E-state index contributed by atoms with van der Waals surface area (Å²) in [4.78, 5) is 12.1. The molecule has 134 valence electrons. The Morgan fingerprint density at radius 2 is 1.84 bits per heavy atom. The number of nitrogens with one attached hydrogen (secondary N) is 2. The number of amides is 1. The Morgan fingerprint density at radius 1 is 1.12 bits per heavy atom. The Kier molecular flexibility index (Phi) is 5.92. The number of para-hydroxylation sites is 1. The maximum Gasteiger partial charge on any atom is 0.241 e. The third-order valence-corrected chi connectivity index (χ3v) is 5.42. The van der Waals surface area contributed by atoms with Gasteiger partial charge in [-0.05, 0) is 55.2 Å². The number of benzene rings is 2. The van der Waals surface area contributed by atoms with Gasteiger partial charge in [0.2, 0.25) is 15.9 Å². The first-order valence-corrected chi connectivity index (χ1v) is 9.37. The molecule has 5 nitrogen and oxygen atoms in total. The molecule has 0 aliphatic heterocycles. The van der Waals surface area contributed by atoms with Crippen LogP contribution in [0.3, 0.4) is 0 Å². The predicted octanol–water partition coefficient (Wildman–Crippen LogP) is 2.92. The van der Waals surface area contributed by atoms with Crippen molar-refractivity contribution in [1.29, 1.82) is 0 Å². The quantitative estimate of drug-likeness (QED) is 0.828. The second-order valence-electron chi connectivity index (χ2n) is 5.75. The number of aryl methyl sites for hydroxylation is 3. The summed E-state index contributed by atoms with van der Waals surface area (Å²) >= 11 is 0. The van der Waals surface area contributed by atoms with Gasteiger partial charge in [-0.3, -0.25) is 4.79 Å². The highest BCUT2D eigenvalue weighted by Gasteiger charge is 2.18. The van der Waals surface area contributed by atoms with Crippen molar-refractivity contribution in [2.75, 3.05) is 11.9 Å². The van der Waals surface area contributed by atoms with E-state index in [0.29, 0.717) is 5.69 Å². The number of anilines is 1. The van der Waals surface area contributed by atoms with E-state index >= 15 is 0 Å². The van der Waals surface area contributed by atoms with Gasteiger partial charge < -0.3 is 5.32 Å². The van der Waals surface area contributed by atoms with E-state index in [2.05, 4.69) is 10.0 Å². The lowest BCUT2D eigenvalue weighted by Gasteiger charge is -2.14. The van der Waals surface area contributed by atoms with Crippen LogP contribution in [0.25, 0.3) is 0 Å². The summed E-state index contributed by atoms with van der Waals surface area (Å²) in [6.07, 6.45) is 0.748. The van der Waals surface area contributed by atoms with Crippen molar-refractivity contribution >= 4 is 21.6 Å². The lowest BCUT2D eigenvalue weighted by molar-refractivity contribution is -0.115. The highest BCUT2D eigenvalue weighted by atomic mass is 32.2. The lowest BCUT2D eigenvalue weighted by atomic mass is 10.1. The van der Waals surface area contributed by atoms with Gasteiger partial charge in [-0.2, -0.15) is 0 Å². The molecule has 0 saturated carbocycles. The van der Waals surface area contributed by atoms with E-state index in [0.717, 1.165) is 29.7 Å². The van der Waals surface area contributed by atoms with Gasteiger partial charge in [0.05, 0.1) is 11.4 Å². The van der Waals surface area contributed by atoms with Gasteiger partial charge >= 0.3 is 0 Å². The van der Waals surface area contributed by atoms with E-state index in [-0.39, 0.29) is 10.5 Å². The molecule has 7 heteroatoms. The van der Waals surface area contributed by atoms with Gasteiger partial charge in [0.1, 0.15) is 5.82 Å². The molecule has 25 heavy (non-hydrogen) atoms. The molecule has 0 fully saturated rings. The Labute approximate surface area is 147 Å². The second kappa shape index (κ2) is 7.76. The molecule has 0 aliphatic carbocycles. The van der Waals surface area contributed by atoms with E-state index in [4.69, 9.17) is 0 Å². The fourth-order valence-corrected chi connectivity index (χ4v) is 3.74. The first-order valence-electron chi connectivity index (χ1n) is 7.88. The molecule has 2 rings (SSSR count). The fraction of sp³-hybridized carbons (Fsp3) is 0.278. The number of carbonyl (C=O) groups excluding carboxylic acids is 1. The Bertz CT molecular complexity index is 895. The van der Waals surface area contributed by atoms with Crippen LogP contribution >= 0.6 is 0 Å². The molecule has 0 radical (unpaired) electrons. The molecule has 0 unspecified atom stereocenters. The minimum atomic E-state index is -3.90. The van der Waals surface area contributed by atoms with Crippen molar-refractivity contribution in [3.05, 3.63) is 58.9 Å². The average Bonchev–Trinajstić information content (AvgIpc) is 2.54. The highest BCUT2D eigenvalue weighted by molar-refractivity contribution is 7.89.